The third kappa shape index (κ3) is 2.42. The van der Waals surface area contributed by atoms with Crippen molar-refractivity contribution < 1.29 is 14.3 Å². The zero-order valence-corrected chi connectivity index (χ0v) is 11.1. The standard InChI is InChI=1S/C15H14N2O3/c1-10-7-16-5-4-12(10)15(18)17-8-11-2-3-13-14(6-11)20-9-19-13/h2-7H,8-9H2,1H3,(H,17,18). The Morgan fingerprint density at radius 1 is 1.30 bits per heavy atom. The number of hydrogen-bond donors (Lipinski definition) is 1. The van der Waals surface area contributed by atoms with Crippen LogP contribution in [-0.2, 0) is 6.54 Å². The van der Waals surface area contributed by atoms with Gasteiger partial charge in [-0.1, -0.05) is 6.07 Å². The highest BCUT2D eigenvalue weighted by Gasteiger charge is 2.14. The molecule has 0 atom stereocenters. The van der Waals surface area contributed by atoms with E-state index in [2.05, 4.69) is 10.3 Å². The molecule has 1 amide bonds. The lowest BCUT2D eigenvalue weighted by Crippen LogP contribution is -2.23. The number of pyridine rings is 1. The average Bonchev–Trinajstić information content (AvgIpc) is 2.92. The molecular formula is C15H14N2O3. The molecule has 0 radical (unpaired) electrons. The zero-order chi connectivity index (χ0) is 13.9. The van der Waals surface area contributed by atoms with Gasteiger partial charge in [-0.05, 0) is 36.2 Å². The summed E-state index contributed by atoms with van der Waals surface area (Å²) in [5, 5.41) is 2.88. The molecule has 0 aliphatic carbocycles. The molecule has 1 N–H and O–H groups in total. The number of fused-ring (bicyclic) bond motifs is 1. The molecule has 0 fully saturated rings. The Morgan fingerprint density at radius 3 is 3.00 bits per heavy atom. The topological polar surface area (TPSA) is 60.5 Å². The molecular weight excluding hydrogens is 256 g/mol. The number of ether oxygens (including phenoxy) is 2. The maximum Gasteiger partial charge on any atom is 0.251 e. The lowest BCUT2D eigenvalue weighted by atomic mass is 10.1. The number of aryl methyl sites for hydroxylation is 1. The average molecular weight is 270 g/mol. The van der Waals surface area contributed by atoms with Crippen molar-refractivity contribution in [3.8, 4) is 11.5 Å². The van der Waals surface area contributed by atoms with Crippen LogP contribution in [0.15, 0.2) is 36.7 Å². The number of benzene rings is 1. The molecule has 1 aliphatic rings. The molecule has 1 aliphatic heterocycles. The summed E-state index contributed by atoms with van der Waals surface area (Å²) in [5.74, 6) is 1.35. The molecule has 20 heavy (non-hydrogen) atoms. The molecule has 1 aromatic carbocycles. The van der Waals surface area contributed by atoms with E-state index in [0.717, 1.165) is 22.6 Å². The Morgan fingerprint density at radius 2 is 2.15 bits per heavy atom. The Bertz CT molecular complexity index is 655. The van der Waals surface area contributed by atoms with E-state index in [1.807, 2.05) is 25.1 Å². The maximum absolute atomic E-state index is 12.1. The van der Waals surface area contributed by atoms with Crippen molar-refractivity contribution in [2.24, 2.45) is 0 Å². The van der Waals surface area contributed by atoms with Gasteiger partial charge in [-0.2, -0.15) is 0 Å². The highest BCUT2D eigenvalue weighted by Crippen LogP contribution is 2.32. The van der Waals surface area contributed by atoms with Gasteiger partial charge in [0.2, 0.25) is 6.79 Å². The molecule has 1 aromatic heterocycles. The van der Waals surface area contributed by atoms with Crippen LogP contribution >= 0.6 is 0 Å². The number of rotatable bonds is 3. The normalized spacial score (nSPS) is 12.2. The lowest BCUT2D eigenvalue weighted by molar-refractivity contribution is 0.0950. The van der Waals surface area contributed by atoms with E-state index >= 15 is 0 Å². The van der Waals surface area contributed by atoms with Crippen molar-refractivity contribution in [1.29, 1.82) is 0 Å². The first-order valence-electron chi connectivity index (χ1n) is 6.31. The van der Waals surface area contributed by atoms with Crippen LogP contribution in [-0.4, -0.2) is 17.7 Å². The second-order valence-corrected chi connectivity index (χ2v) is 4.56. The minimum atomic E-state index is -0.109. The second-order valence-electron chi connectivity index (χ2n) is 4.56. The van der Waals surface area contributed by atoms with E-state index in [1.165, 1.54) is 0 Å². The molecule has 0 bridgehead atoms. The van der Waals surface area contributed by atoms with Gasteiger partial charge >= 0.3 is 0 Å². The number of amides is 1. The van der Waals surface area contributed by atoms with Crippen molar-refractivity contribution >= 4 is 5.91 Å². The van der Waals surface area contributed by atoms with Gasteiger partial charge < -0.3 is 14.8 Å². The van der Waals surface area contributed by atoms with Crippen LogP contribution in [0.2, 0.25) is 0 Å². The van der Waals surface area contributed by atoms with Crippen molar-refractivity contribution in [3.05, 3.63) is 53.3 Å². The largest absolute Gasteiger partial charge is 0.454 e. The molecule has 0 spiro atoms. The van der Waals surface area contributed by atoms with E-state index in [0.29, 0.717) is 12.1 Å². The Hall–Kier alpha value is -2.56. The second kappa shape index (κ2) is 5.21. The van der Waals surface area contributed by atoms with Crippen LogP contribution in [0.5, 0.6) is 11.5 Å². The van der Waals surface area contributed by atoms with Crippen LogP contribution in [0.4, 0.5) is 0 Å². The summed E-state index contributed by atoms with van der Waals surface area (Å²) in [6, 6.07) is 7.35. The van der Waals surface area contributed by atoms with Gasteiger partial charge in [0.1, 0.15) is 0 Å². The van der Waals surface area contributed by atoms with Crippen LogP contribution < -0.4 is 14.8 Å². The van der Waals surface area contributed by atoms with Crippen molar-refractivity contribution in [1.82, 2.24) is 10.3 Å². The molecule has 5 heteroatoms. The molecule has 102 valence electrons. The summed E-state index contributed by atoms with van der Waals surface area (Å²) < 4.78 is 10.6. The Balaban J connectivity index is 1.68. The maximum atomic E-state index is 12.1. The smallest absolute Gasteiger partial charge is 0.251 e. The lowest BCUT2D eigenvalue weighted by Gasteiger charge is -2.07. The predicted octanol–water partition coefficient (Wildman–Crippen LogP) is 2.05. The Labute approximate surface area is 116 Å². The van der Waals surface area contributed by atoms with E-state index in [1.54, 1.807) is 18.5 Å². The van der Waals surface area contributed by atoms with Crippen LogP contribution in [0.3, 0.4) is 0 Å². The van der Waals surface area contributed by atoms with Gasteiger partial charge in [0.25, 0.3) is 5.91 Å². The monoisotopic (exact) mass is 270 g/mol. The number of nitrogens with zero attached hydrogens (tertiary/aromatic N) is 1. The summed E-state index contributed by atoms with van der Waals surface area (Å²) >= 11 is 0. The summed E-state index contributed by atoms with van der Waals surface area (Å²) in [4.78, 5) is 16.1. The molecule has 0 unspecified atom stereocenters. The Kier molecular flexibility index (Phi) is 3.25. The number of nitrogens with one attached hydrogen (secondary N) is 1. The number of carbonyl (C=O) groups is 1. The molecule has 5 nitrogen and oxygen atoms in total. The minimum Gasteiger partial charge on any atom is -0.454 e. The van der Waals surface area contributed by atoms with Crippen molar-refractivity contribution in [2.75, 3.05) is 6.79 Å². The summed E-state index contributed by atoms with van der Waals surface area (Å²) in [6.07, 6.45) is 3.29. The van der Waals surface area contributed by atoms with Crippen LogP contribution in [0.25, 0.3) is 0 Å². The van der Waals surface area contributed by atoms with E-state index in [-0.39, 0.29) is 12.7 Å². The highest BCUT2D eigenvalue weighted by atomic mass is 16.7. The summed E-state index contributed by atoms with van der Waals surface area (Å²) in [5.41, 5.74) is 2.46. The van der Waals surface area contributed by atoms with Gasteiger partial charge in [-0.3, -0.25) is 9.78 Å². The number of hydrogen-bond acceptors (Lipinski definition) is 4. The zero-order valence-electron chi connectivity index (χ0n) is 11.1. The van der Waals surface area contributed by atoms with Crippen LogP contribution in [0, 0.1) is 6.92 Å². The minimum absolute atomic E-state index is 0.109. The predicted molar refractivity (Wildman–Crippen MR) is 72.7 cm³/mol. The fraction of sp³-hybridized carbons (Fsp3) is 0.200. The van der Waals surface area contributed by atoms with E-state index < -0.39 is 0 Å². The SMILES string of the molecule is Cc1cnccc1C(=O)NCc1ccc2c(c1)OCO2. The third-order valence-electron chi connectivity index (χ3n) is 3.15. The fourth-order valence-electron chi connectivity index (χ4n) is 2.06. The van der Waals surface area contributed by atoms with Gasteiger partial charge in [0, 0.05) is 24.5 Å². The molecule has 2 aromatic rings. The highest BCUT2D eigenvalue weighted by molar-refractivity contribution is 5.95. The van der Waals surface area contributed by atoms with Gasteiger partial charge in [0.05, 0.1) is 0 Å². The van der Waals surface area contributed by atoms with E-state index in [4.69, 9.17) is 9.47 Å². The first kappa shape index (κ1) is 12.5. The fourth-order valence-corrected chi connectivity index (χ4v) is 2.06. The molecule has 0 saturated heterocycles. The number of carbonyl (C=O) groups excluding carboxylic acids is 1. The quantitative estimate of drug-likeness (QED) is 0.927. The van der Waals surface area contributed by atoms with Crippen molar-refractivity contribution in [2.45, 2.75) is 13.5 Å². The first-order chi connectivity index (χ1) is 9.74. The van der Waals surface area contributed by atoms with Gasteiger partial charge in [-0.25, -0.2) is 0 Å². The first-order valence-corrected chi connectivity index (χ1v) is 6.31. The van der Waals surface area contributed by atoms with E-state index in [9.17, 15) is 4.79 Å². The molecule has 2 heterocycles. The summed E-state index contributed by atoms with van der Waals surface area (Å²) in [6.45, 7) is 2.56. The number of aromatic nitrogens is 1. The van der Waals surface area contributed by atoms with Crippen molar-refractivity contribution in [3.63, 3.8) is 0 Å². The van der Waals surface area contributed by atoms with Gasteiger partial charge in [-0.15, -0.1) is 0 Å². The molecule has 3 rings (SSSR count). The van der Waals surface area contributed by atoms with Gasteiger partial charge in [0.15, 0.2) is 11.5 Å². The van der Waals surface area contributed by atoms with Crippen LogP contribution in [0.1, 0.15) is 21.5 Å². The molecule has 0 saturated carbocycles. The third-order valence-corrected chi connectivity index (χ3v) is 3.15. The summed E-state index contributed by atoms with van der Waals surface area (Å²) in [7, 11) is 0.